The van der Waals surface area contributed by atoms with Crippen LogP contribution in [-0.2, 0) is 13.0 Å². The summed E-state index contributed by atoms with van der Waals surface area (Å²) in [6, 6.07) is 6.06. The highest BCUT2D eigenvalue weighted by atomic mass is 35.5. The van der Waals surface area contributed by atoms with E-state index in [4.69, 9.17) is 21.3 Å². The molecule has 0 saturated carbocycles. The highest BCUT2D eigenvalue weighted by Gasteiger charge is 2.10. The minimum Gasteiger partial charge on any atom is -0.497 e. The molecule has 0 bridgehead atoms. The molecule has 0 atom stereocenters. The molecule has 2 aromatic rings. The van der Waals surface area contributed by atoms with Gasteiger partial charge in [0, 0.05) is 24.9 Å². The van der Waals surface area contributed by atoms with E-state index < -0.39 is 0 Å². The zero-order chi connectivity index (χ0) is 13.0. The first-order chi connectivity index (χ1) is 8.80. The molecule has 0 N–H and O–H groups in total. The molecule has 18 heavy (non-hydrogen) atoms. The Morgan fingerprint density at radius 2 is 2.22 bits per heavy atom. The summed E-state index contributed by atoms with van der Waals surface area (Å²) in [7, 11) is 1.68. The number of hydrogen-bond donors (Lipinski definition) is 0. The van der Waals surface area contributed by atoms with Gasteiger partial charge < -0.3 is 9.30 Å². The first-order valence-electron chi connectivity index (χ1n) is 6.39. The number of aryl methyl sites for hydroxylation is 2. The van der Waals surface area contributed by atoms with Gasteiger partial charge in [-0.1, -0.05) is 6.92 Å². The fourth-order valence-electron chi connectivity index (χ4n) is 2.18. The van der Waals surface area contributed by atoms with Gasteiger partial charge in [0.2, 0.25) is 0 Å². The number of hydrogen-bond acceptors (Lipinski definition) is 2. The van der Waals surface area contributed by atoms with Crippen molar-refractivity contribution < 1.29 is 4.74 Å². The summed E-state index contributed by atoms with van der Waals surface area (Å²) in [6.07, 6.45) is 3.00. The normalized spacial score (nSPS) is 11.1. The second-order valence-electron chi connectivity index (χ2n) is 4.33. The van der Waals surface area contributed by atoms with E-state index >= 15 is 0 Å². The maximum Gasteiger partial charge on any atom is 0.121 e. The molecule has 1 aromatic heterocycles. The molecule has 0 amide bonds. The SMILES string of the molecule is CCCn1c(CCCCl)nc2cc(OC)ccc21. The topological polar surface area (TPSA) is 27.1 Å². The molecule has 0 fully saturated rings. The van der Waals surface area contributed by atoms with Crippen molar-refractivity contribution in [1.29, 1.82) is 0 Å². The van der Waals surface area contributed by atoms with Gasteiger partial charge in [-0.3, -0.25) is 0 Å². The van der Waals surface area contributed by atoms with Crippen LogP contribution in [0.4, 0.5) is 0 Å². The Morgan fingerprint density at radius 3 is 2.89 bits per heavy atom. The molecular weight excluding hydrogens is 248 g/mol. The molecule has 0 unspecified atom stereocenters. The number of halogens is 1. The van der Waals surface area contributed by atoms with E-state index in [1.165, 1.54) is 5.52 Å². The number of alkyl halides is 1. The maximum atomic E-state index is 5.77. The van der Waals surface area contributed by atoms with Gasteiger partial charge in [-0.25, -0.2) is 4.98 Å². The summed E-state index contributed by atoms with van der Waals surface area (Å²) in [4.78, 5) is 4.70. The Labute approximate surface area is 113 Å². The number of benzene rings is 1. The van der Waals surface area contributed by atoms with Gasteiger partial charge in [-0.05, 0) is 25.0 Å². The number of imidazole rings is 1. The molecule has 0 aliphatic carbocycles. The molecule has 4 heteroatoms. The number of rotatable bonds is 6. The molecule has 0 aliphatic rings. The Balaban J connectivity index is 2.44. The second kappa shape index (κ2) is 6.10. The van der Waals surface area contributed by atoms with E-state index in [9.17, 15) is 0 Å². The van der Waals surface area contributed by atoms with E-state index in [-0.39, 0.29) is 0 Å². The lowest BCUT2D eigenvalue weighted by Crippen LogP contribution is -2.03. The Hall–Kier alpha value is -1.22. The van der Waals surface area contributed by atoms with Crippen LogP contribution >= 0.6 is 11.6 Å². The van der Waals surface area contributed by atoms with E-state index in [1.54, 1.807) is 7.11 Å². The summed E-state index contributed by atoms with van der Waals surface area (Å²) in [5.74, 6) is 2.66. The van der Waals surface area contributed by atoms with Crippen molar-refractivity contribution in [2.45, 2.75) is 32.7 Å². The molecule has 0 spiro atoms. The zero-order valence-corrected chi connectivity index (χ0v) is 11.7. The lowest BCUT2D eigenvalue weighted by atomic mass is 10.3. The highest BCUT2D eigenvalue weighted by molar-refractivity contribution is 6.17. The minimum absolute atomic E-state index is 0.679. The predicted molar refractivity (Wildman–Crippen MR) is 75.6 cm³/mol. The van der Waals surface area contributed by atoms with Crippen LogP contribution in [0.1, 0.15) is 25.6 Å². The maximum absolute atomic E-state index is 5.77. The lowest BCUT2D eigenvalue weighted by Gasteiger charge is -2.07. The summed E-state index contributed by atoms with van der Waals surface area (Å²) < 4.78 is 7.54. The van der Waals surface area contributed by atoms with Crippen LogP contribution in [0.3, 0.4) is 0 Å². The molecule has 98 valence electrons. The van der Waals surface area contributed by atoms with Crippen LogP contribution in [0.5, 0.6) is 5.75 Å². The van der Waals surface area contributed by atoms with Crippen LogP contribution in [-0.4, -0.2) is 22.5 Å². The van der Waals surface area contributed by atoms with Crippen molar-refractivity contribution >= 4 is 22.6 Å². The minimum atomic E-state index is 0.679. The first-order valence-corrected chi connectivity index (χ1v) is 6.92. The lowest BCUT2D eigenvalue weighted by molar-refractivity contribution is 0.415. The first kappa shape index (κ1) is 13.2. The van der Waals surface area contributed by atoms with Gasteiger partial charge in [-0.15, -0.1) is 11.6 Å². The van der Waals surface area contributed by atoms with E-state index in [0.29, 0.717) is 5.88 Å². The van der Waals surface area contributed by atoms with Crippen molar-refractivity contribution in [3.8, 4) is 5.75 Å². The molecule has 0 radical (unpaired) electrons. The second-order valence-corrected chi connectivity index (χ2v) is 4.70. The largest absolute Gasteiger partial charge is 0.497 e. The van der Waals surface area contributed by atoms with Crippen LogP contribution in [0.25, 0.3) is 11.0 Å². The molecule has 1 heterocycles. The number of ether oxygens (including phenoxy) is 1. The van der Waals surface area contributed by atoms with Gasteiger partial charge in [0.15, 0.2) is 0 Å². The van der Waals surface area contributed by atoms with Crippen molar-refractivity contribution in [2.24, 2.45) is 0 Å². The molecule has 3 nitrogen and oxygen atoms in total. The Kier molecular flexibility index (Phi) is 4.48. The van der Waals surface area contributed by atoms with Gasteiger partial charge in [-0.2, -0.15) is 0 Å². The van der Waals surface area contributed by atoms with E-state index in [2.05, 4.69) is 17.6 Å². The van der Waals surface area contributed by atoms with E-state index in [1.807, 2.05) is 12.1 Å². The van der Waals surface area contributed by atoms with Gasteiger partial charge >= 0.3 is 0 Å². The van der Waals surface area contributed by atoms with Gasteiger partial charge in [0.05, 0.1) is 18.1 Å². The fourth-order valence-corrected chi connectivity index (χ4v) is 2.31. The summed E-state index contributed by atoms with van der Waals surface area (Å²) in [6.45, 7) is 3.18. The molecule has 0 saturated heterocycles. The van der Waals surface area contributed by atoms with Crippen molar-refractivity contribution in [2.75, 3.05) is 13.0 Å². The van der Waals surface area contributed by atoms with Crippen LogP contribution in [0, 0.1) is 0 Å². The van der Waals surface area contributed by atoms with Crippen molar-refractivity contribution in [3.05, 3.63) is 24.0 Å². The zero-order valence-electron chi connectivity index (χ0n) is 10.9. The monoisotopic (exact) mass is 266 g/mol. The van der Waals surface area contributed by atoms with E-state index in [0.717, 1.165) is 42.9 Å². The summed E-state index contributed by atoms with van der Waals surface area (Å²) in [5.41, 5.74) is 2.19. The number of methoxy groups -OCH3 is 1. The number of nitrogens with zero attached hydrogens (tertiary/aromatic N) is 2. The smallest absolute Gasteiger partial charge is 0.121 e. The molecular formula is C14H19ClN2O. The predicted octanol–water partition coefficient (Wildman–Crippen LogP) is 3.63. The molecule has 2 rings (SSSR count). The average molecular weight is 267 g/mol. The number of fused-ring (bicyclic) bond motifs is 1. The summed E-state index contributed by atoms with van der Waals surface area (Å²) >= 11 is 5.77. The van der Waals surface area contributed by atoms with Crippen LogP contribution < -0.4 is 4.74 Å². The molecule has 0 aliphatic heterocycles. The average Bonchev–Trinajstić information content (AvgIpc) is 2.74. The third-order valence-corrected chi connectivity index (χ3v) is 3.28. The summed E-state index contributed by atoms with van der Waals surface area (Å²) in [5, 5.41) is 0. The van der Waals surface area contributed by atoms with Gasteiger partial charge in [0.1, 0.15) is 11.6 Å². The fraction of sp³-hybridized carbons (Fsp3) is 0.500. The van der Waals surface area contributed by atoms with Gasteiger partial charge in [0.25, 0.3) is 0 Å². The van der Waals surface area contributed by atoms with Crippen LogP contribution in [0.15, 0.2) is 18.2 Å². The van der Waals surface area contributed by atoms with Crippen LogP contribution in [0.2, 0.25) is 0 Å². The quantitative estimate of drug-likeness (QED) is 0.747. The molecule has 1 aromatic carbocycles. The van der Waals surface area contributed by atoms with Crippen molar-refractivity contribution in [1.82, 2.24) is 9.55 Å². The Morgan fingerprint density at radius 1 is 1.39 bits per heavy atom. The highest BCUT2D eigenvalue weighted by Crippen LogP contribution is 2.22. The number of aromatic nitrogens is 2. The third-order valence-electron chi connectivity index (χ3n) is 3.02. The Bertz CT molecular complexity index is 522. The third kappa shape index (κ3) is 2.61. The van der Waals surface area contributed by atoms with Crippen molar-refractivity contribution in [3.63, 3.8) is 0 Å². The standard InChI is InChI=1S/C14H19ClN2O/c1-3-9-17-13-7-6-11(18-2)10-12(13)16-14(17)5-4-8-15/h6-7,10H,3-5,8-9H2,1-2H3.